The predicted molar refractivity (Wildman–Crippen MR) is 71.0 cm³/mol. The minimum Gasteiger partial charge on any atom is -0.386 e. The van der Waals surface area contributed by atoms with Gasteiger partial charge in [0, 0.05) is 7.11 Å². The Kier molecular flexibility index (Phi) is 5.66. The van der Waals surface area contributed by atoms with E-state index in [0.29, 0.717) is 5.92 Å². The standard InChI is InChI=1S/C15H24O2/c1-5-14(17-4)15(16)13-8-6-7-12(10-13)9-11(2)3/h6-8,10-11,14-16H,5,9H2,1-4H3. The number of hydrogen-bond donors (Lipinski definition) is 1. The van der Waals surface area contributed by atoms with Crippen LogP contribution in [0.5, 0.6) is 0 Å². The third kappa shape index (κ3) is 4.14. The zero-order valence-corrected chi connectivity index (χ0v) is 11.3. The van der Waals surface area contributed by atoms with Crippen molar-refractivity contribution in [2.75, 3.05) is 7.11 Å². The van der Waals surface area contributed by atoms with Crippen LogP contribution in [0.3, 0.4) is 0 Å². The van der Waals surface area contributed by atoms with Gasteiger partial charge in [-0.25, -0.2) is 0 Å². The number of aliphatic hydroxyl groups is 1. The molecular weight excluding hydrogens is 212 g/mol. The van der Waals surface area contributed by atoms with Gasteiger partial charge < -0.3 is 9.84 Å². The molecule has 1 N–H and O–H groups in total. The molecule has 1 aromatic rings. The molecule has 0 saturated heterocycles. The Bertz CT molecular complexity index is 329. The molecule has 1 rings (SSSR count). The molecule has 2 heteroatoms. The van der Waals surface area contributed by atoms with E-state index in [4.69, 9.17) is 4.74 Å². The third-order valence-electron chi connectivity index (χ3n) is 2.99. The van der Waals surface area contributed by atoms with Crippen molar-refractivity contribution in [2.45, 2.75) is 45.8 Å². The second-order valence-electron chi connectivity index (χ2n) is 4.97. The molecule has 0 saturated carbocycles. The van der Waals surface area contributed by atoms with Gasteiger partial charge in [0.1, 0.15) is 6.10 Å². The van der Waals surface area contributed by atoms with Crippen molar-refractivity contribution >= 4 is 0 Å². The van der Waals surface area contributed by atoms with Crippen molar-refractivity contribution in [3.63, 3.8) is 0 Å². The molecule has 2 atom stereocenters. The van der Waals surface area contributed by atoms with Crippen molar-refractivity contribution in [3.05, 3.63) is 35.4 Å². The average Bonchev–Trinajstić information content (AvgIpc) is 2.30. The molecule has 1 aromatic carbocycles. The fraction of sp³-hybridized carbons (Fsp3) is 0.600. The van der Waals surface area contributed by atoms with Gasteiger partial charge in [0.25, 0.3) is 0 Å². The zero-order chi connectivity index (χ0) is 12.8. The lowest BCUT2D eigenvalue weighted by Crippen LogP contribution is -2.20. The van der Waals surface area contributed by atoms with E-state index in [0.717, 1.165) is 18.4 Å². The lowest BCUT2D eigenvalue weighted by atomic mass is 9.96. The molecule has 0 fully saturated rings. The second-order valence-corrected chi connectivity index (χ2v) is 4.97. The van der Waals surface area contributed by atoms with Crippen LogP contribution in [0.25, 0.3) is 0 Å². The highest BCUT2D eigenvalue weighted by molar-refractivity contribution is 5.26. The normalized spacial score (nSPS) is 14.9. The molecule has 0 aliphatic carbocycles. The highest BCUT2D eigenvalue weighted by Crippen LogP contribution is 2.22. The Labute approximate surface area is 105 Å². The molecular formula is C15H24O2. The van der Waals surface area contributed by atoms with Crippen LogP contribution in [-0.4, -0.2) is 18.3 Å². The fourth-order valence-corrected chi connectivity index (χ4v) is 2.11. The van der Waals surface area contributed by atoms with Crippen LogP contribution < -0.4 is 0 Å². The molecule has 0 heterocycles. The van der Waals surface area contributed by atoms with E-state index >= 15 is 0 Å². The molecule has 2 unspecified atom stereocenters. The maximum Gasteiger partial charge on any atom is 0.105 e. The topological polar surface area (TPSA) is 29.5 Å². The highest BCUT2D eigenvalue weighted by Gasteiger charge is 2.18. The van der Waals surface area contributed by atoms with Crippen LogP contribution in [0.2, 0.25) is 0 Å². The molecule has 0 aromatic heterocycles. The Morgan fingerprint density at radius 3 is 2.53 bits per heavy atom. The molecule has 96 valence electrons. The number of benzene rings is 1. The largest absolute Gasteiger partial charge is 0.386 e. The summed E-state index contributed by atoms with van der Waals surface area (Å²) in [4.78, 5) is 0. The van der Waals surface area contributed by atoms with Crippen molar-refractivity contribution in [1.82, 2.24) is 0 Å². The van der Waals surface area contributed by atoms with Gasteiger partial charge in [-0.2, -0.15) is 0 Å². The Morgan fingerprint density at radius 1 is 1.29 bits per heavy atom. The van der Waals surface area contributed by atoms with Crippen LogP contribution in [0.1, 0.15) is 44.4 Å². The molecule has 0 aliphatic heterocycles. The highest BCUT2D eigenvalue weighted by atomic mass is 16.5. The Hall–Kier alpha value is -0.860. The van der Waals surface area contributed by atoms with Crippen molar-refractivity contribution < 1.29 is 9.84 Å². The van der Waals surface area contributed by atoms with Gasteiger partial charge in [-0.15, -0.1) is 0 Å². The number of aliphatic hydroxyl groups excluding tert-OH is 1. The van der Waals surface area contributed by atoms with Crippen LogP contribution in [-0.2, 0) is 11.2 Å². The van der Waals surface area contributed by atoms with Crippen LogP contribution in [0, 0.1) is 5.92 Å². The first kappa shape index (κ1) is 14.2. The van der Waals surface area contributed by atoms with E-state index in [1.54, 1.807) is 7.11 Å². The van der Waals surface area contributed by atoms with Crippen LogP contribution in [0.4, 0.5) is 0 Å². The molecule has 0 spiro atoms. The molecule has 0 radical (unpaired) electrons. The van der Waals surface area contributed by atoms with Gasteiger partial charge in [0.15, 0.2) is 0 Å². The number of ether oxygens (including phenoxy) is 1. The molecule has 17 heavy (non-hydrogen) atoms. The first-order valence-electron chi connectivity index (χ1n) is 6.38. The second kappa shape index (κ2) is 6.77. The molecule has 0 bridgehead atoms. The van der Waals surface area contributed by atoms with E-state index in [-0.39, 0.29) is 6.10 Å². The number of hydrogen-bond acceptors (Lipinski definition) is 2. The lowest BCUT2D eigenvalue weighted by molar-refractivity contribution is -0.0149. The number of rotatable bonds is 6. The first-order chi connectivity index (χ1) is 8.08. The smallest absolute Gasteiger partial charge is 0.105 e. The Balaban J connectivity index is 2.83. The zero-order valence-electron chi connectivity index (χ0n) is 11.3. The van der Waals surface area contributed by atoms with E-state index in [2.05, 4.69) is 26.0 Å². The van der Waals surface area contributed by atoms with Crippen molar-refractivity contribution in [3.8, 4) is 0 Å². The molecule has 2 nitrogen and oxygen atoms in total. The van der Waals surface area contributed by atoms with Gasteiger partial charge in [-0.3, -0.25) is 0 Å². The quantitative estimate of drug-likeness (QED) is 0.821. The van der Waals surface area contributed by atoms with E-state index in [9.17, 15) is 5.11 Å². The maximum absolute atomic E-state index is 10.2. The summed E-state index contributed by atoms with van der Waals surface area (Å²) in [5, 5.41) is 10.2. The number of methoxy groups -OCH3 is 1. The van der Waals surface area contributed by atoms with Gasteiger partial charge in [-0.1, -0.05) is 45.0 Å². The summed E-state index contributed by atoms with van der Waals surface area (Å²) in [6.45, 7) is 6.43. The SMILES string of the molecule is CCC(OC)C(O)c1cccc(CC(C)C)c1. The van der Waals surface area contributed by atoms with E-state index < -0.39 is 6.10 Å². The lowest BCUT2D eigenvalue weighted by Gasteiger charge is -2.21. The maximum atomic E-state index is 10.2. The molecule has 0 amide bonds. The summed E-state index contributed by atoms with van der Waals surface area (Å²) in [5.41, 5.74) is 2.24. The predicted octanol–water partition coefficient (Wildman–Crippen LogP) is 3.34. The third-order valence-corrected chi connectivity index (χ3v) is 2.99. The summed E-state index contributed by atoms with van der Waals surface area (Å²) in [7, 11) is 1.65. The first-order valence-corrected chi connectivity index (χ1v) is 6.38. The minimum atomic E-state index is -0.530. The van der Waals surface area contributed by atoms with Gasteiger partial charge >= 0.3 is 0 Å². The van der Waals surface area contributed by atoms with Crippen molar-refractivity contribution in [2.24, 2.45) is 5.92 Å². The average molecular weight is 236 g/mol. The van der Waals surface area contributed by atoms with Crippen LogP contribution in [0.15, 0.2) is 24.3 Å². The van der Waals surface area contributed by atoms with Crippen molar-refractivity contribution in [1.29, 1.82) is 0 Å². The van der Waals surface area contributed by atoms with Gasteiger partial charge in [0.05, 0.1) is 6.10 Å². The van der Waals surface area contributed by atoms with E-state index in [1.165, 1.54) is 5.56 Å². The summed E-state index contributed by atoms with van der Waals surface area (Å²) in [6.07, 6.45) is 1.21. The summed E-state index contributed by atoms with van der Waals surface area (Å²) < 4.78 is 5.29. The monoisotopic (exact) mass is 236 g/mol. The minimum absolute atomic E-state index is 0.121. The van der Waals surface area contributed by atoms with Gasteiger partial charge in [-0.05, 0) is 29.9 Å². The van der Waals surface area contributed by atoms with E-state index in [1.807, 2.05) is 19.1 Å². The summed E-state index contributed by atoms with van der Waals surface area (Å²) >= 11 is 0. The molecule has 0 aliphatic rings. The fourth-order valence-electron chi connectivity index (χ4n) is 2.11. The summed E-state index contributed by atoms with van der Waals surface area (Å²) in [6, 6.07) is 8.19. The summed E-state index contributed by atoms with van der Waals surface area (Å²) in [5.74, 6) is 0.631. The Morgan fingerprint density at radius 2 is 2.00 bits per heavy atom. The van der Waals surface area contributed by atoms with Gasteiger partial charge in [0.2, 0.25) is 0 Å². The van der Waals surface area contributed by atoms with Crippen LogP contribution >= 0.6 is 0 Å².